The topological polar surface area (TPSA) is 70.8 Å². The van der Waals surface area contributed by atoms with Crippen molar-refractivity contribution in [3.05, 3.63) is 52.5 Å². The maximum absolute atomic E-state index is 11.4. The zero-order valence-electron chi connectivity index (χ0n) is 12.3. The van der Waals surface area contributed by atoms with E-state index in [9.17, 15) is 4.79 Å². The van der Waals surface area contributed by atoms with Gasteiger partial charge in [-0.1, -0.05) is 11.6 Å². The van der Waals surface area contributed by atoms with Crippen molar-refractivity contribution >= 4 is 17.5 Å². The average Bonchev–Trinajstić information content (AvgIpc) is 2.53. The van der Waals surface area contributed by atoms with Gasteiger partial charge in [0, 0.05) is 10.6 Å². The van der Waals surface area contributed by atoms with Gasteiger partial charge in [0.05, 0.1) is 19.8 Å². The molecule has 2 N–H and O–H groups in total. The number of halogens is 1. The average molecular weight is 322 g/mol. The molecule has 0 aliphatic carbocycles. The second-order valence-electron chi connectivity index (χ2n) is 4.47. The van der Waals surface area contributed by atoms with Crippen LogP contribution in [0.3, 0.4) is 0 Å². The SMILES string of the molecule is COc1ccc(OC)c(COc2ccc(Cl)cc2C(N)=O)c1. The minimum atomic E-state index is -0.602. The zero-order chi connectivity index (χ0) is 16.1. The first-order valence-corrected chi connectivity index (χ1v) is 6.86. The van der Waals surface area contributed by atoms with E-state index in [1.54, 1.807) is 44.6 Å². The minimum absolute atomic E-state index is 0.197. The Balaban J connectivity index is 2.25. The highest BCUT2D eigenvalue weighted by atomic mass is 35.5. The Morgan fingerprint density at radius 3 is 2.45 bits per heavy atom. The summed E-state index contributed by atoms with van der Waals surface area (Å²) >= 11 is 5.87. The summed E-state index contributed by atoms with van der Waals surface area (Å²) in [7, 11) is 3.15. The van der Waals surface area contributed by atoms with E-state index < -0.39 is 5.91 Å². The summed E-state index contributed by atoms with van der Waals surface area (Å²) in [5.41, 5.74) is 6.35. The van der Waals surface area contributed by atoms with E-state index in [1.165, 1.54) is 6.07 Å². The lowest BCUT2D eigenvalue weighted by Gasteiger charge is -2.13. The monoisotopic (exact) mass is 321 g/mol. The number of benzene rings is 2. The Morgan fingerprint density at radius 2 is 1.82 bits per heavy atom. The summed E-state index contributed by atoms with van der Waals surface area (Å²) < 4.78 is 16.1. The summed E-state index contributed by atoms with van der Waals surface area (Å²) in [5.74, 6) is 1.11. The number of hydrogen-bond donors (Lipinski definition) is 1. The standard InChI is InChI=1S/C16H16ClNO4/c1-20-12-4-6-14(21-2)10(7-12)9-22-15-5-3-11(17)8-13(15)16(18)19/h3-8H,9H2,1-2H3,(H2,18,19). The molecule has 0 aromatic heterocycles. The van der Waals surface area contributed by atoms with Crippen molar-refractivity contribution in [1.82, 2.24) is 0 Å². The van der Waals surface area contributed by atoms with E-state index >= 15 is 0 Å². The zero-order valence-corrected chi connectivity index (χ0v) is 13.0. The molecule has 2 aromatic carbocycles. The third-order valence-corrected chi connectivity index (χ3v) is 3.31. The van der Waals surface area contributed by atoms with Crippen molar-refractivity contribution in [3.8, 4) is 17.2 Å². The normalized spacial score (nSPS) is 10.1. The smallest absolute Gasteiger partial charge is 0.252 e. The molecule has 1 amide bonds. The molecule has 0 aliphatic heterocycles. The third-order valence-electron chi connectivity index (χ3n) is 3.08. The lowest BCUT2D eigenvalue weighted by molar-refractivity contribution is 0.0996. The van der Waals surface area contributed by atoms with Crippen LogP contribution < -0.4 is 19.9 Å². The van der Waals surface area contributed by atoms with Gasteiger partial charge in [-0.2, -0.15) is 0 Å². The molecule has 2 aromatic rings. The molecule has 0 atom stereocenters. The fraction of sp³-hybridized carbons (Fsp3) is 0.188. The van der Waals surface area contributed by atoms with E-state index in [1.807, 2.05) is 0 Å². The second-order valence-corrected chi connectivity index (χ2v) is 4.91. The molecular weight excluding hydrogens is 306 g/mol. The molecule has 0 bridgehead atoms. The number of rotatable bonds is 6. The van der Waals surface area contributed by atoms with Crippen molar-refractivity contribution in [3.63, 3.8) is 0 Å². The Kier molecular flexibility index (Phi) is 5.12. The first kappa shape index (κ1) is 16.0. The molecule has 0 heterocycles. The first-order valence-electron chi connectivity index (χ1n) is 6.48. The van der Waals surface area contributed by atoms with Gasteiger partial charge in [-0.15, -0.1) is 0 Å². The van der Waals surface area contributed by atoms with Crippen LogP contribution in [0.25, 0.3) is 0 Å². The van der Waals surface area contributed by atoms with Gasteiger partial charge in [-0.05, 0) is 36.4 Å². The molecule has 0 aliphatic rings. The Hall–Kier alpha value is -2.40. The number of hydrogen-bond acceptors (Lipinski definition) is 4. The predicted octanol–water partition coefficient (Wildman–Crippen LogP) is 3.04. The molecule has 116 valence electrons. The van der Waals surface area contributed by atoms with Crippen molar-refractivity contribution in [2.45, 2.75) is 6.61 Å². The fourth-order valence-electron chi connectivity index (χ4n) is 1.97. The van der Waals surface area contributed by atoms with Crippen LogP contribution in [0.15, 0.2) is 36.4 Å². The third kappa shape index (κ3) is 3.62. The van der Waals surface area contributed by atoms with Gasteiger partial charge in [0.25, 0.3) is 5.91 Å². The Labute approximate surface area is 133 Å². The van der Waals surface area contributed by atoms with E-state index in [0.29, 0.717) is 22.3 Å². The van der Waals surface area contributed by atoms with Gasteiger partial charge < -0.3 is 19.9 Å². The number of amides is 1. The number of carbonyl (C=O) groups excluding carboxylic acids is 1. The number of methoxy groups -OCH3 is 2. The molecule has 0 fully saturated rings. The van der Waals surface area contributed by atoms with Crippen LogP contribution in [0.4, 0.5) is 0 Å². The Morgan fingerprint density at radius 1 is 1.09 bits per heavy atom. The van der Waals surface area contributed by atoms with Gasteiger partial charge in [0.2, 0.25) is 0 Å². The quantitative estimate of drug-likeness (QED) is 0.887. The van der Waals surface area contributed by atoms with Crippen LogP contribution in [0.2, 0.25) is 5.02 Å². The van der Waals surface area contributed by atoms with Crippen molar-refractivity contribution in [2.75, 3.05) is 14.2 Å². The largest absolute Gasteiger partial charge is 0.497 e. The molecule has 2 rings (SSSR count). The lowest BCUT2D eigenvalue weighted by atomic mass is 10.1. The Bertz CT molecular complexity index is 688. The van der Waals surface area contributed by atoms with Gasteiger partial charge in [-0.25, -0.2) is 0 Å². The van der Waals surface area contributed by atoms with Crippen LogP contribution in [0.5, 0.6) is 17.2 Å². The van der Waals surface area contributed by atoms with Crippen molar-refractivity contribution < 1.29 is 19.0 Å². The molecule has 0 saturated heterocycles. The van der Waals surface area contributed by atoms with E-state index in [0.717, 1.165) is 5.56 Å². The van der Waals surface area contributed by atoms with Gasteiger partial charge in [0.15, 0.2) is 0 Å². The molecule has 22 heavy (non-hydrogen) atoms. The van der Waals surface area contributed by atoms with Crippen molar-refractivity contribution in [2.24, 2.45) is 5.73 Å². The van der Waals surface area contributed by atoms with Gasteiger partial charge in [-0.3, -0.25) is 4.79 Å². The maximum atomic E-state index is 11.4. The van der Waals surface area contributed by atoms with Crippen LogP contribution in [-0.2, 0) is 6.61 Å². The van der Waals surface area contributed by atoms with E-state index in [4.69, 9.17) is 31.5 Å². The van der Waals surface area contributed by atoms with Crippen LogP contribution >= 0.6 is 11.6 Å². The molecule has 0 saturated carbocycles. The minimum Gasteiger partial charge on any atom is -0.497 e. The summed E-state index contributed by atoms with van der Waals surface area (Å²) in [4.78, 5) is 11.4. The van der Waals surface area contributed by atoms with E-state index in [-0.39, 0.29) is 12.2 Å². The first-order chi connectivity index (χ1) is 10.5. The molecule has 0 spiro atoms. The fourth-order valence-corrected chi connectivity index (χ4v) is 2.14. The molecule has 0 radical (unpaired) electrons. The van der Waals surface area contributed by atoms with Crippen LogP contribution in [0, 0.1) is 0 Å². The number of ether oxygens (including phenoxy) is 3. The highest BCUT2D eigenvalue weighted by Gasteiger charge is 2.12. The number of nitrogens with two attached hydrogens (primary N) is 1. The summed E-state index contributed by atoms with van der Waals surface area (Å²) in [6.45, 7) is 0.197. The highest BCUT2D eigenvalue weighted by Crippen LogP contribution is 2.27. The van der Waals surface area contributed by atoms with Crippen LogP contribution in [0.1, 0.15) is 15.9 Å². The van der Waals surface area contributed by atoms with Crippen molar-refractivity contribution in [1.29, 1.82) is 0 Å². The summed E-state index contributed by atoms with van der Waals surface area (Å²) in [6, 6.07) is 10.1. The van der Waals surface area contributed by atoms with Gasteiger partial charge >= 0.3 is 0 Å². The number of carbonyl (C=O) groups is 1. The molecule has 0 unspecified atom stereocenters. The van der Waals surface area contributed by atoms with E-state index in [2.05, 4.69) is 0 Å². The summed E-state index contributed by atoms with van der Waals surface area (Å²) in [6.07, 6.45) is 0. The molecular formula is C16H16ClNO4. The van der Waals surface area contributed by atoms with Crippen LogP contribution in [-0.4, -0.2) is 20.1 Å². The highest BCUT2D eigenvalue weighted by molar-refractivity contribution is 6.31. The summed E-state index contributed by atoms with van der Waals surface area (Å²) in [5, 5.41) is 0.417. The lowest BCUT2D eigenvalue weighted by Crippen LogP contribution is -2.13. The number of primary amides is 1. The van der Waals surface area contributed by atoms with Gasteiger partial charge in [0.1, 0.15) is 23.9 Å². The second kappa shape index (κ2) is 7.04. The molecule has 5 nitrogen and oxygen atoms in total. The molecule has 6 heteroatoms. The predicted molar refractivity (Wildman–Crippen MR) is 83.8 cm³/mol. The maximum Gasteiger partial charge on any atom is 0.252 e.